The second-order valence-corrected chi connectivity index (χ2v) is 14.1. The Morgan fingerprint density at radius 3 is 2.10 bits per heavy atom. The fraction of sp³-hybridized carbons (Fsp3) is 0.121. The van der Waals surface area contributed by atoms with Gasteiger partial charge in [-0.1, -0.05) is 66.7 Å². The third-order valence-corrected chi connectivity index (χ3v) is 10.3. The highest BCUT2D eigenvalue weighted by atomic mass is 32.2. The average Bonchev–Trinajstić information content (AvgIpc) is 3.35. The van der Waals surface area contributed by atoms with Crippen LogP contribution in [-0.2, 0) is 25.6 Å². The van der Waals surface area contributed by atoms with Gasteiger partial charge in [0.2, 0.25) is 10.0 Å². The van der Waals surface area contributed by atoms with Crippen LogP contribution < -0.4 is 4.31 Å². The van der Waals surface area contributed by atoms with Crippen LogP contribution in [0.2, 0.25) is 0 Å². The van der Waals surface area contributed by atoms with E-state index in [9.17, 15) is 16.8 Å². The normalized spacial score (nSPS) is 12.1. The van der Waals surface area contributed by atoms with Gasteiger partial charge < -0.3 is 4.98 Å². The molecule has 6 aromatic rings. The molecule has 2 aromatic heterocycles. The fourth-order valence-electron chi connectivity index (χ4n) is 5.46. The number of H-pyrrole nitrogens is 1. The van der Waals surface area contributed by atoms with Gasteiger partial charge in [-0.15, -0.1) is 0 Å². The molecule has 0 saturated carbocycles. The first-order chi connectivity index (χ1) is 20.2. The topological polar surface area (TPSA) is 100 Å². The lowest BCUT2D eigenvalue weighted by molar-refractivity contribution is 0.594. The predicted octanol–water partition coefficient (Wildman–Crippen LogP) is 6.81. The second kappa shape index (κ2) is 10.7. The summed E-state index contributed by atoms with van der Waals surface area (Å²) in [4.78, 5) is 8.46. The summed E-state index contributed by atoms with van der Waals surface area (Å²) in [6.45, 7) is 2.13. The van der Waals surface area contributed by atoms with Crippen molar-refractivity contribution in [2.45, 2.75) is 17.6 Å². The minimum absolute atomic E-state index is 0.122. The van der Waals surface area contributed by atoms with Gasteiger partial charge in [0.05, 0.1) is 22.6 Å². The molecule has 0 bridgehead atoms. The summed E-state index contributed by atoms with van der Waals surface area (Å²) in [5.41, 5.74) is 6.53. The van der Waals surface area contributed by atoms with Crippen LogP contribution >= 0.6 is 0 Å². The Morgan fingerprint density at radius 1 is 0.786 bits per heavy atom. The van der Waals surface area contributed by atoms with Crippen molar-refractivity contribution in [2.24, 2.45) is 0 Å². The number of rotatable bonds is 8. The highest BCUT2D eigenvalue weighted by Crippen LogP contribution is 2.41. The molecule has 4 aromatic carbocycles. The number of aromatic amines is 1. The van der Waals surface area contributed by atoms with Crippen LogP contribution in [0.5, 0.6) is 0 Å². The molecule has 9 heteroatoms. The number of fused-ring (bicyclic) bond motifs is 3. The lowest BCUT2D eigenvalue weighted by Gasteiger charge is -2.21. The standard InChI is InChI=1S/C33H29N3O4S2/c1-3-36(41(2,37)38)26-17-15-24(16-18-26)29-21-34-33-32(31(29)25-10-6-4-7-11-25)28-20-23(14-19-30(28)35-33)22-42(39,40)27-12-8-5-9-13-27/h4-21H,3,22H2,1-2H3,(H,34,35). The van der Waals surface area contributed by atoms with Crippen LogP contribution in [0.3, 0.4) is 0 Å². The minimum atomic E-state index is -3.53. The number of sulfonamides is 1. The van der Waals surface area contributed by atoms with Crippen molar-refractivity contribution in [1.82, 2.24) is 9.97 Å². The molecule has 0 aliphatic rings. The van der Waals surface area contributed by atoms with E-state index in [0.717, 1.165) is 38.5 Å². The van der Waals surface area contributed by atoms with Crippen molar-refractivity contribution in [3.8, 4) is 22.3 Å². The van der Waals surface area contributed by atoms with Gasteiger partial charge in [0.25, 0.3) is 0 Å². The van der Waals surface area contributed by atoms with E-state index in [1.54, 1.807) is 49.4 Å². The van der Waals surface area contributed by atoms with Crippen molar-refractivity contribution in [2.75, 3.05) is 17.1 Å². The summed E-state index contributed by atoms with van der Waals surface area (Å²) in [6, 6.07) is 31.6. The number of sulfone groups is 1. The lowest BCUT2D eigenvalue weighted by atomic mass is 9.92. The van der Waals surface area contributed by atoms with E-state index in [1.807, 2.05) is 66.9 Å². The van der Waals surface area contributed by atoms with Crippen molar-refractivity contribution in [3.05, 3.63) is 115 Å². The van der Waals surface area contributed by atoms with E-state index in [1.165, 1.54) is 10.6 Å². The molecule has 1 N–H and O–H groups in total. The maximum atomic E-state index is 13.2. The molecule has 0 fully saturated rings. The number of anilines is 1. The van der Waals surface area contributed by atoms with E-state index in [-0.39, 0.29) is 5.75 Å². The van der Waals surface area contributed by atoms with E-state index >= 15 is 0 Å². The van der Waals surface area contributed by atoms with Gasteiger partial charge in [-0.2, -0.15) is 0 Å². The molecular formula is C33H29N3O4S2. The predicted molar refractivity (Wildman–Crippen MR) is 170 cm³/mol. The smallest absolute Gasteiger partial charge is 0.232 e. The van der Waals surface area contributed by atoms with Gasteiger partial charge in [-0.3, -0.25) is 4.31 Å². The first-order valence-corrected chi connectivity index (χ1v) is 17.0. The van der Waals surface area contributed by atoms with Crippen molar-refractivity contribution in [3.63, 3.8) is 0 Å². The largest absolute Gasteiger partial charge is 0.339 e. The minimum Gasteiger partial charge on any atom is -0.339 e. The maximum Gasteiger partial charge on any atom is 0.232 e. The Morgan fingerprint density at radius 2 is 1.45 bits per heavy atom. The molecule has 212 valence electrons. The Labute approximate surface area is 245 Å². The molecule has 0 saturated heterocycles. The van der Waals surface area contributed by atoms with E-state index in [0.29, 0.717) is 28.3 Å². The Balaban J connectivity index is 1.53. The van der Waals surface area contributed by atoms with Crippen LogP contribution in [0.25, 0.3) is 44.2 Å². The second-order valence-electron chi connectivity index (χ2n) is 10.2. The number of hydrogen-bond acceptors (Lipinski definition) is 5. The Bertz CT molecular complexity index is 2130. The summed E-state index contributed by atoms with van der Waals surface area (Å²) in [5.74, 6) is -0.122. The van der Waals surface area contributed by atoms with Gasteiger partial charge >= 0.3 is 0 Å². The molecule has 0 radical (unpaired) electrons. The molecule has 7 nitrogen and oxygen atoms in total. The van der Waals surface area contributed by atoms with Crippen LogP contribution in [-0.4, -0.2) is 39.6 Å². The van der Waals surface area contributed by atoms with Crippen LogP contribution in [0.4, 0.5) is 5.69 Å². The van der Waals surface area contributed by atoms with Gasteiger partial charge in [-0.05, 0) is 60.0 Å². The highest BCUT2D eigenvalue weighted by Gasteiger charge is 2.21. The summed E-state index contributed by atoms with van der Waals surface area (Å²) >= 11 is 0. The van der Waals surface area contributed by atoms with Crippen LogP contribution in [0.15, 0.2) is 114 Å². The van der Waals surface area contributed by atoms with Crippen molar-refractivity contribution >= 4 is 47.5 Å². The molecule has 0 unspecified atom stereocenters. The zero-order valence-corrected chi connectivity index (χ0v) is 24.8. The molecule has 0 atom stereocenters. The summed E-state index contributed by atoms with van der Waals surface area (Å²) in [5, 5.41) is 1.77. The Kier molecular flexibility index (Phi) is 7.08. The molecule has 0 aliphatic heterocycles. The maximum absolute atomic E-state index is 13.2. The van der Waals surface area contributed by atoms with Crippen LogP contribution in [0.1, 0.15) is 12.5 Å². The van der Waals surface area contributed by atoms with Crippen molar-refractivity contribution < 1.29 is 16.8 Å². The van der Waals surface area contributed by atoms with Crippen LogP contribution in [0, 0.1) is 0 Å². The number of aromatic nitrogens is 2. The number of nitrogens with one attached hydrogen (secondary N) is 1. The molecular weight excluding hydrogens is 567 g/mol. The molecule has 6 rings (SSSR count). The summed E-state index contributed by atoms with van der Waals surface area (Å²) in [6.07, 6.45) is 3.02. The monoisotopic (exact) mass is 595 g/mol. The molecule has 0 spiro atoms. The first-order valence-electron chi connectivity index (χ1n) is 13.5. The molecule has 0 aliphatic carbocycles. The van der Waals surface area contributed by atoms with E-state index < -0.39 is 19.9 Å². The van der Waals surface area contributed by atoms with Gasteiger partial charge in [0.15, 0.2) is 9.84 Å². The number of nitrogens with zero attached hydrogens (tertiary/aromatic N) is 2. The van der Waals surface area contributed by atoms with Gasteiger partial charge in [0.1, 0.15) is 5.65 Å². The summed E-state index contributed by atoms with van der Waals surface area (Å²) < 4.78 is 52.2. The zero-order valence-electron chi connectivity index (χ0n) is 23.2. The zero-order chi connectivity index (χ0) is 29.5. The third kappa shape index (κ3) is 5.17. The highest BCUT2D eigenvalue weighted by molar-refractivity contribution is 7.92. The third-order valence-electron chi connectivity index (χ3n) is 7.36. The lowest BCUT2D eigenvalue weighted by Crippen LogP contribution is -2.29. The summed E-state index contributed by atoms with van der Waals surface area (Å²) in [7, 11) is -6.93. The number of hydrogen-bond donors (Lipinski definition) is 1. The SMILES string of the molecule is CCN(c1ccc(-c2cnc3[nH]c4ccc(CS(=O)(=O)c5ccccc5)cc4c3c2-c2ccccc2)cc1)S(C)(=O)=O. The molecule has 42 heavy (non-hydrogen) atoms. The molecule has 0 amide bonds. The first kappa shape index (κ1) is 27.7. The van der Waals surface area contributed by atoms with Gasteiger partial charge in [-0.25, -0.2) is 21.8 Å². The molecule has 2 heterocycles. The fourth-order valence-corrected chi connectivity index (χ4v) is 7.79. The van der Waals surface area contributed by atoms with E-state index in [4.69, 9.17) is 4.98 Å². The van der Waals surface area contributed by atoms with Crippen molar-refractivity contribution in [1.29, 1.82) is 0 Å². The average molecular weight is 596 g/mol. The quantitative estimate of drug-likeness (QED) is 0.208. The number of pyridine rings is 1. The van der Waals surface area contributed by atoms with Gasteiger partial charge in [0, 0.05) is 40.2 Å². The number of benzene rings is 4. The Hall–Kier alpha value is -4.47. The van der Waals surface area contributed by atoms with E-state index in [2.05, 4.69) is 4.98 Å².